The van der Waals surface area contributed by atoms with Crippen LogP contribution < -0.4 is 10.1 Å². The molecule has 1 N–H and O–H groups in total. The highest BCUT2D eigenvalue weighted by atomic mass is 16.5. The summed E-state index contributed by atoms with van der Waals surface area (Å²) >= 11 is 0. The maximum absolute atomic E-state index is 12.5. The van der Waals surface area contributed by atoms with Gasteiger partial charge in [0.15, 0.2) is 11.6 Å². The van der Waals surface area contributed by atoms with E-state index in [1.807, 2.05) is 30.3 Å². The number of hydrogen-bond acceptors (Lipinski definition) is 6. The van der Waals surface area contributed by atoms with Crippen LogP contribution in [0.3, 0.4) is 0 Å². The van der Waals surface area contributed by atoms with Crippen LogP contribution in [0.1, 0.15) is 16.1 Å². The van der Waals surface area contributed by atoms with Crippen LogP contribution in [0, 0.1) is 0 Å². The summed E-state index contributed by atoms with van der Waals surface area (Å²) in [5.41, 5.74) is 1.19. The van der Waals surface area contributed by atoms with Gasteiger partial charge in [0.05, 0.1) is 18.1 Å². The normalized spacial score (nSPS) is 10.5. The lowest BCUT2D eigenvalue weighted by molar-refractivity contribution is 0.0993. The molecule has 4 aromatic rings. The summed E-state index contributed by atoms with van der Waals surface area (Å²) in [6.07, 6.45) is 5.97. The molecule has 134 valence electrons. The monoisotopic (exact) mass is 361 g/mol. The van der Waals surface area contributed by atoms with E-state index in [0.717, 1.165) is 5.75 Å². The van der Waals surface area contributed by atoms with Crippen LogP contribution in [0.4, 0.5) is 5.69 Å². The molecule has 8 heteroatoms. The van der Waals surface area contributed by atoms with Gasteiger partial charge in [0, 0.05) is 5.56 Å². The van der Waals surface area contributed by atoms with Gasteiger partial charge in [-0.25, -0.2) is 14.6 Å². The number of para-hydroxylation sites is 1. The van der Waals surface area contributed by atoms with Crippen LogP contribution in [0.5, 0.6) is 5.75 Å². The predicted octanol–water partition coefficient (Wildman–Crippen LogP) is 3.09. The molecule has 0 atom stereocenters. The Morgan fingerprint density at radius 2 is 2.04 bits per heavy atom. The second kappa shape index (κ2) is 7.52. The fourth-order valence-electron chi connectivity index (χ4n) is 2.44. The van der Waals surface area contributed by atoms with E-state index in [-0.39, 0.29) is 18.3 Å². The number of furan rings is 1. The van der Waals surface area contributed by atoms with E-state index in [1.165, 1.54) is 23.5 Å². The second-order valence-electron chi connectivity index (χ2n) is 5.58. The molecule has 4 rings (SSSR count). The lowest BCUT2D eigenvalue weighted by Crippen LogP contribution is -2.14. The fourth-order valence-corrected chi connectivity index (χ4v) is 2.44. The first kappa shape index (κ1) is 16.5. The van der Waals surface area contributed by atoms with Gasteiger partial charge >= 0.3 is 0 Å². The number of aromatic nitrogens is 4. The Labute approximate surface area is 154 Å². The van der Waals surface area contributed by atoms with Crippen molar-refractivity contribution >= 4 is 11.6 Å². The predicted molar refractivity (Wildman–Crippen MR) is 96.6 cm³/mol. The molecule has 27 heavy (non-hydrogen) atoms. The maximum atomic E-state index is 12.5. The first-order chi connectivity index (χ1) is 13.3. The third kappa shape index (κ3) is 3.84. The van der Waals surface area contributed by atoms with Crippen LogP contribution in [0.2, 0.25) is 0 Å². The van der Waals surface area contributed by atoms with Crippen molar-refractivity contribution in [2.75, 3.05) is 5.32 Å². The Kier molecular flexibility index (Phi) is 4.60. The Morgan fingerprint density at radius 1 is 1.15 bits per heavy atom. The van der Waals surface area contributed by atoms with Crippen LogP contribution in [-0.4, -0.2) is 25.7 Å². The number of carbonyl (C=O) groups excluding carboxylic acids is 1. The summed E-state index contributed by atoms with van der Waals surface area (Å²) in [5, 5.41) is 6.76. The Hall–Kier alpha value is -3.94. The molecule has 0 aliphatic heterocycles. The summed E-state index contributed by atoms with van der Waals surface area (Å²) in [5.74, 6) is 1.15. The zero-order valence-electron chi connectivity index (χ0n) is 14.1. The van der Waals surface area contributed by atoms with Crippen molar-refractivity contribution in [1.82, 2.24) is 19.7 Å². The van der Waals surface area contributed by atoms with Gasteiger partial charge < -0.3 is 14.5 Å². The van der Waals surface area contributed by atoms with E-state index in [0.29, 0.717) is 17.1 Å². The van der Waals surface area contributed by atoms with Gasteiger partial charge in [0.1, 0.15) is 25.0 Å². The minimum Gasteiger partial charge on any atom is -0.489 e. The molecular formula is C19H15N5O3. The summed E-state index contributed by atoms with van der Waals surface area (Å²) in [6.45, 7) is 0.229. The largest absolute Gasteiger partial charge is 0.489 e. The molecule has 0 radical (unpaired) electrons. The molecule has 0 aliphatic carbocycles. The molecule has 8 nitrogen and oxygen atoms in total. The van der Waals surface area contributed by atoms with Crippen LogP contribution >= 0.6 is 0 Å². The average molecular weight is 361 g/mol. The number of nitrogens with one attached hydrogen (secondary N) is 1. The summed E-state index contributed by atoms with van der Waals surface area (Å²) in [6, 6.07) is 14.5. The van der Waals surface area contributed by atoms with Gasteiger partial charge in [0.25, 0.3) is 5.91 Å². The third-order valence-electron chi connectivity index (χ3n) is 3.75. The summed E-state index contributed by atoms with van der Waals surface area (Å²) in [7, 11) is 0. The number of pyridine rings is 1. The zero-order chi connectivity index (χ0) is 18.5. The highest BCUT2D eigenvalue weighted by Crippen LogP contribution is 2.17. The van der Waals surface area contributed by atoms with E-state index in [2.05, 4.69) is 20.4 Å². The fraction of sp³-hybridized carbons (Fsp3) is 0.0526. The second-order valence-corrected chi connectivity index (χ2v) is 5.58. The van der Waals surface area contributed by atoms with Crippen molar-refractivity contribution in [2.24, 2.45) is 0 Å². The summed E-state index contributed by atoms with van der Waals surface area (Å²) in [4.78, 5) is 20.6. The molecule has 0 bridgehead atoms. The molecule has 1 amide bonds. The number of benzene rings is 1. The Bertz CT molecular complexity index is 1010. The van der Waals surface area contributed by atoms with Crippen molar-refractivity contribution in [3.05, 3.63) is 85.0 Å². The molecule has 0 saturated heterocycles. The Balaban J connectivity index is 1.42. The molecule has 0 aliphatic rings. The lowest BCUT2D eigenvalue weighted by Gasteiger charge is -2.07. The van der Waals surface area contributed by atoms with Gasteiger partial charge in [-0.2, -0.15) is 5.10 Å². The number of ether oxygens (including phenoxy) is 1. The van der Waals surface area contributed by atoms with Crippen molar-refractivity contribution in [1.29, 1.82) is 0 Å². The van der Waals surface area contributed by atoms with E-state index in [1.54, 1.807) is 24.5 Å². The number of rotatable bonds is 6. The lowest BCUT2D eigenvalue weighted by atomic mass is 10.2. The standard InChI is InChI=1S/C19H15N5O3/c25-19(23-15-6-7-17(21-10-15)24-13-20-12-22-24)18-14(8-9-26-18)11-27-16-4-2-1-3-5-16/h1-10,12-13H,11H2,(H,23,25). The Morgan fingerprint density at radius 3 is 2.78 bits per heavy atom. The number of carbonyl (C=O) groups is 1. The van der Waals surface area contributed by atoms with Crippen LogP contribution in [-0.2, 0) is 6.61 Å². The smallest absolute Gasteiger partial charge is 0.291 e. The molecule has 3 heterocycles. The minimum atomic E-state index is -0.373. The van der Waals surface area contributed by atoms with Gasteiger partial charge in [0.2, 0.25) is 0 Å². The maximum Gasteiger partial charge on any atom is 0.291 e. The number of anilines is 1. The molecule has 0 spiro atoms. The molecular weight excluding hydrogens is 346 g/mol. The highest BCUT2D eigenvalue weighted by Gasteiger charge is 2.16. The molecule has 3 aromatic heterocycles. The number of nitrogens with zero attached hydrogens (tertiary/aromatic N) is 4. The van der Waals surface area contributed by atoms with E-state index >= 15 is 0 Å². The van der Waals surface area contributed by atoms with Crippen LogP contribution in [0.25, 0.3) is 5.82 Å². The quantitative estimate of drug-likeness (QED) is 0.567. The van der Waals surface area contributed by atoms with Gasteiger partial charge in [-0.1, -0.05) is 18.2 Å². The van der Waals surface area contributed by atoms with Crippen molar-refractivity contribution in [2.45, 2.75) is 6.61 Å². The van der Waals surface area contributed by atoms with Crippen molar-refractivity contribution in [3.8, 4) is 11.6 Å². The number of amides is 1. The first-order valence-corrected chi connectivity index (χ1v) is 8.16. The highest BCUT2D eigenvalue weighted by molar-refractivity contribution is 6.03. The summed E-state index contributed by atoms with van der Waals surface area (Å²) < 4.78 is 12.5. The van der Waals surface area contributed by atoms with E-state index < -0.39 is 0 Å². The molecule has 0 saturated carbocycles. The van der Waals surface area contributed by atoms with Crippen LogP contribution in [0.15, 0.2) is 78.1 Å². The molecule has 0 unspecified atom stereocenters. The first-order valence-electron chi connectivity index (χ1n) is 8.16. The SMILES string of the molecule is O=C(Nc1ccc(-n2cncn2)nc1)c1occc1COc1ccccc1. The van der Waals surface area contributed by atoms with Gasteiger partial charge in [-0.05, 0) is 30.3 Å². The average Bonchev–Trinajstić information content (AvgIpc) is 3.40. The third-order valence-corrected chi connectivity index (χ3v) is 3.75. The van der Waals surface area contributed by atoms with Crippen molar-refractivity contribution < 1.29 is 13.9 Å². The topological polar surface area (TPSA) is 95.1 Å². The van der Waals surface area contributed by atoms with E-state index in [4.69, 9.17) is 9.15 Å². The molecule has 1 aromatic carbocycles. The molecule has 0 fully saturated rings. The van der Waals surface area contributed by atoms with Gasteiger partial charge in [-0.3, -0.25) is 4.79 Å². The number of hydrogen-bond donors (Lipinski definition) is 1. The zero-order valence-corrected chi connectivity index (χ0v) is 14.1. The van der Waals surface area contributed by atoms with Gasteiger partial charge in [-0.15, -0.1) is 0 Å². The van der Waals surface area contributed by atoms with Crippen molar-refractivity contribution in [3.63, 3.8) is 0 Å². The van der Waals surface area contributed by atoms with E-state index in [9.17, 15) is 4.79 Å². The minimum absolute atomic E-state index is 0.200.